The lowest BCUT2D eigenvalue weighted by molar-refractivity contribution is -0.149. The fourth-order valence-corrected chi connectivity index (χ4v) is 5.01. The summed E-state index contributed by atoms with van der Waals surface area (Å²) in [5.41, 5.74) is 0. The third-order valence-corrected chi connectivity index (χ3v) is 6.19. The zero-order valence-corrected chi connectivity index (χ0v) is 12.8. The SMILES string of the molecule is CCC1CCCC2C1OC(=O)C2C1CCCC(C)C1O. The van der Waals surface area contributed by atoms with Crippen LogP contribution in [-0.2, 0) is 9.53 Å². The molecule has 3 nitrogen and oxygen atoms in total. The molecular formula is C17H28O3. The molecule has 0 aromatic carbocycles. The number of fused-ring (bicyclic) bond motifs is 1. The molecule has 0 aromatic heterocycles. The highest BCUT2D eigenvalue weighted by Gasteiger charge is 2.53. The van der Waals surface area contributed by atoms with Crippen LogP contribution in [0, 0.1) is 29.6 Å². The molecule has 0 spiro atoms. The number of hydrogen-bond donors (Lipinski definition) is 1. The Morgan fingerprint density at radius 2 is 1.85 bits per heavy atom. The van der Waals surface area contributed by atoms with E-state index in [1.54, 1.807) is 0 Å². The molecule has 2 aliphatic carbocycles. The van der Waals surface area contributed by atoms with Gasteiger partial charge in [0.05, 0.1) is 12.0 Å². The summed E-state index contributed by atoms with van der Waals surface area (Å²) in [6, 6.07) is 0. The van der Waals surface area contributed by atoms with Gasteiger partial charge in [-0.2, -0.15) is 0 Å². The highest BCUT2D eigenvalue weighted by molar-refractivity contribution is 5.76. The summed E-state index contributed by atoms with van der Waals surface area (Å²) in [6.45, 7) is 4.32. The molecule has 7 atom stereocenters. The lowest BCUT2D eigenvalue weighted by atomic mass is 9.65. The number of aliphatic hydroxyl groups excluding tert-OH is 1. The molecule has 1 N–H and O–H groups in total. The third-order valence-electron chi connectivity index (χ3n) is 6.19. The molecule has 2 saturated carbocycles. The average Bonchev–Trinajstić information content (AvgIpc) is 2.78. The summed E-state index contributed by atoms with van der Waals surface area (Å²) in [5, 5.41) is 10.5. The van der Waals surface area contributed by atoms with Gasteiger partial charge in [-0.15, -0.1) is 0 Å². The van der Waals surface area contributed by atoms with E-state index in [1.165, 1.54) is 12.8 Å². The first-order chi connectivity index (χ1) is 9.63. The van der Waals surface area contributed by atoms with Crippen LogP contribution >= 0.6 is 0 Å². The van der Waals surface area contributed by atoms with Crippen molar-refractivity contribution in [1.29, 1.82) is 0 Å². The smallest absolute Gasteiger partial charge is 0.310 e. The zero-order valence-electron chi connectivity index (χ0n) is 12.8. The van der Waals surface area contributed by atoms with Gasteiger partial charge in [-0.1, -0.05) is 26.7 Å². The largest absolute Gasteiger partial charge is 0.462 e. The normalized spacial score (nSPS) is 48.8. The van der Waals surface area contributed by atoms with Crippen molar-refractivity contribution in [2.24, 2.45) is 29.6 Å². The van der Waals surface area contributed by atoms with Crippen molar-refractivity contribution in [3.8, 4) is 0 Å². The Hall–Kier alpha value is -0.570. The number of aliphatic hydroxyl groups is 1. The molecule has 0 aromatic rings. The van der Waals surface area contributed by atoms with E-state index in [-0.39, 0.29) is 30.0 Å². The molecular weight excluding hydrogens is 252 g/mol. The summed E-state index contributed by atoms with van der Waals surface area (Å²) >= 11 is 0. The van der Waals surface area contributed by atoms with Crippen LogP contribution < -0.4 is 0 Å². The van der Waals surface area contributed by atoms with Crippen LogP contribution in [0.2, 0.25) is 0 Å². The second kappa shape index (κ2) is 5.67. The quantitative estimate of drug-likeness (QED) is 0.790. The second-order valence-electron chi connectivity index (χ2n) is 7.25. The van der Waals surface area contributed by atoms with E-state index in [2.05, 4.69) is 13.8 Å². The molecule has 0 bridgehead atoms. The number of rotatable bonds is 2. The minimum absolute atomic E-state index is 0.0153. The van der Waals surface area contributed by atoms with E-state index in [9.17, 15) is 9.90 Å². The Balaban J connectivity index is 1.80. The number of carbonyl (C=O) groups excluding carboxylic acids is 1. The molecule has 3 aliphatic rings. The Bertz CT molecular complexity index is 367. The maximum Gasteiger partial charge on any atom is 0.310 e. The fourth-order valence-electron chi connectivity index (χ4n) is 5.01. The topological polar surface area (TPSA) is 46.5 Å². The van der Waals surface area contributed by atoms with Crippen LogP contribution in [0.3, 0.4) is 0 Å². The molecule has 7 unspecified atom stereocenters. The minimum Gasteiger partial charge on any atom is -0.462 e. The van der Waals surface area contributed by atoms with Crippen LogP contribution in [0.5, 0.6) is 0 Å². The predicted molar refractivity (Wildman–Crippen MR) is 77.0 cm³/mol. The van der Waals surface area contributed by atoms with Crippen LogP contribution in [0.15, 0.2) is 0 Å². The fraction of sp³-hybridized carbons (Fsp3) is 0.941. The maximum atomic E-state index is 12.4. The van der Waals surface area contributed by atoms with Crippen molar-refractivity contribution >= 4 is 5.97 Å². The Labute approximate surface area is 122 Å². The van der Waals surface area contributed by atoms with Crippen molar-refractivity contribution in [2.75, 3.05) is 0 Å². The van der Waals surface area contributed by atoms with Crippen molar-refractivity contribution in [2.45, 2.75) is 71.0 Å². The van der Waals surface area contributed by atoms with Crippen molar-refractivity contribution in [3.05, 3.63) is 0 Å². The summed E-state index contributed by atoms with van der Waals surface area (Å²) in [4.78, 5) is 12.4. The van der Waals surface area contributed by atoms with Gasteiger partial charge >= 0.3 is 5.97 Å². The van der Waals surface area contributed by atoms with Gasteiger partial charge in [0.1, 0.15) is 6.10 Å². The first-order valence-corrected chi connectivity index (χ1v) is 8.52. The molecule has 3 fully saturated rings. The van der Waals surface area contributed by atoms with Gasteiger partial charge < -0.3 is 9.84 Å². The van der Waals surface area contributed by atoms with Crippen molar-refractivity contribution < 1.29 is 14.6 Å². The van der Waals surface area contributed by atoms with Gasteiger partial charge in [0.2, 0.25) is 0 Å². The summed E-state index contributed by atoms with van der Waals surface area (Å²) < 4.78 is 5.77. The first kappa shape index (κ1) is 14.4. The van der Waals surface area contributed by atoms with Crippen molar-refractivity contribution in [3.63, 3.8) is 0 Å². The molecule has 1 heterocycles. The molecule has 1 aliphatic heterocycles. The lowest BCUT2D eigenvalue weighted by Gasteiger charge is -2.39. The van der Waals surface area contributed by atoms with Gasteiger partial charge in [-0.3, -0.25) is 4.79 Å². The minimum atomic E-state index is -0.318. The molecule has 0 radical (unpaired) electrons. The van der Waals surface area contributed by atoms with Crippen LogP contribution in [-0.4, -0.2) is 23.3 Å². The van der Waals surface area contributed by atoms with Gasteiger partial charge in [0, 0.05) is 5.92 Å². The Morgan fingerprint density at radius 3 is 2.60 bits per heavy atom. The first-order valence-electron chi connectivity index (χ1n) is 8.52. The van der Waals surface area contributed by atoms with E-state index in [0.29, 0.717) is 17.8 Å². The molecule has 20 heavy (non-hydrogen) atoms. The van der Waals surface area contributed by atoms with Crippen LogP contribution in [0.4, 0.5) is 0 Å². The monoisotopic (exact) mass is 280 g/mol. The third kappa shape index (κ3) is 2.28. The Morgan fingerprint density at radius 1 is 1.15 bits per heavy atom. The summed E-state index contributed by atoms with van der Waals surface area (Å²) in [7, 11) is 0. The average molecular weight is 280 g/mol. The van der Waals surface area contributed by atoms with Gasteiger partial charge in [-0.05, 0) is 49.9 Å². The van der Waals surface area contributed by atoms with Gasteiger partial charge in [0.25, 0.3) is 0 Å². The van der Waals surface area contributed by atoms with E-state index < -0.39 is 0 Å². The second-order valence-corrected chi connectivity index (χ2v) is 7.25. The van der Waals surface area contributed by atoms with E-state index >= 15 is 0 Å². The number of hydrogen-bond acceptors (Lipinski definition) is 3. The summed E-state index contributed by atoms with van der Waals surface area (Å²) in [6.07, 6.45) is 7.65. The number of ether oxygens (including phenoxy) is 1. The number of esters is 1. The number of carbonyl (C=O) groups is 1. The molecule has 3 heteroatoms. The highest BCUT2D eigenvalue weighted by Crippen LogP contribution is 2.49. The van der Waals surface area contributed by atoms with Gasteiger partial charge in [-0.25, -0.2) is 0 Å². The van der Waals surface area contributed by atoms with Crippen molar-refractivity contribution in [1.82, 2.24) is 0 Å². The maximum absolute atomic E-state index is 12.4. The molecule has 1 saturated heterocycles. The highest BCUT2D eigenvalue weighted by atomic mass is 16.6. The predicted octanol–water partition coefficient (Wildman–Crippen LogP) is 3.15. The molecule has 0 amide bonds. The van der Waals surface area contributed by atoms with E-state index in [1.807, 2.05) is 0 Å². The molecule has 3 rings (SSSR count). The molecule has 114 valence electrons. The van der Waals surface area contributed by atoms with E-state index in [4.69, 9.17) is 4.74 Å². The van der Waals surface area contributed by atoms with E-state index in [0.717, 1.165) is 32.1 Å². The van der Waals surface area contributed by atoms with Crippen LogP contribution in [0.25, 0.3) is 0 Å². The van der Waals surface area contributed by atoms with Crippen LogP contribution in [0.1, 0.15) is 58.8 Å². The zero-order chi connectivity index (χ0) is 14.3. The van der Waals surface area contributed by atoms with Gasteiger partial charge in [0.15, 0.2) is 0 Å². The standard InChI is InChI=1S/C17H28O3/c1-3-11-7-5-9-13-14(17(19)20-16(11)13)12-8-4-6-10(2)15(12)18/h10-16,18H,3-9H2,1-2H3. The summed E-state index contributed by atoms with van der Waals surface area (Å²) in [5.74, 6) is 1.32. The lowest BCUT2D eigenvalue weighted by Crippen LogP contribution is -2.42. The Kier molecular flexibility index (Phi) is 4.07.